The Bertz CT molecular complexity index is 421. The highest BCUT2D eigenvalue weighted by Gasteiger charge is 2.28. The molecule has 3 nitrogen and oxygen atoms in total. The van der Waals surface area contributed by atoms with Crippen LogP contribution in [0.3, 0.4) is 0 Å². The maximum Gasteiger partial charge on any atom is 0.124 e. The fourth-order valence-electron chi connectivity index (χ4n) is 3.53. The van der Waals surface area contributed by atoms with Crippen molar-refractivity contribution in [3.05, 3.63) is 29.8 Å². The van der Waals surface area contributed by atoms with Gasteiger partial charge < -0.3 is 14.8 Å². The average Bonchev–Trinajstić information content (AvgIpc) is 2.50. The zero-order valence-corrected chi connectivity index (χ0v) is 13.6. The van der Waals surface area contributed by atoms with Crippen LogP contribution in [0.25, 0.3) is 0 Å². The van der Waals surface area contributed by atoms with E-state index >= 15 is 0 Å². The predicted octanol–water partition coefficient (Wildman–Crippen LogP) is 3.80. The number of benzene rings is 1. The maximum absolute atomic E-state index is 5.91. The van der Waals surface area contributed by atoms with E-state index in [1.165, 1.54) is 31.2 Å². The molecule has 0 heterocycles. The third kappa shape index (κ3) is 4.45. The summed E-state index contributed by atoms with van der Waals surface area (Å²) in [5.41, 5.74) is 1.29. The summed E-state index contributed by atoms with van der Waals surface area (Å²) in [6.07, 6.45) is 5.33. The summed E-state index contributed by atoms with van der Waals surface area (Å²) in [5, 5.41) is 3.53. The quantitative estimate of drug-likeness (QED) is 0.775. The number of nitrogens with one attached hydrogen (secondary N) is 1. The molecule has 0 aliphatic heterocycles. The molecule has 0 spiro atoms. The predicted molar refractivity (Wildman–Crippen MR) is 86.7 cm³/mol. The van der Waals surface area contributed by atoms with Crippen molar-refractivity contribution in [2.24, 2.45) is 11.8 Å². The molecule has 1 aromatic carbocycles. The third-order valence-corrected chi connectivity index (χ3v) is 4.56. The van der Waals surface area contributed by atoms with Crippen LogP contribution in [0.15, 0.2) is 24.3 Å². The van der Waals surface area contributed by atoms with Crippen molar-refractivity contribution in [1.29, 1.82) is 0 Å². The first kappa shape index (κ1) is 16.3. The molecule has 3 unspecified atom stereocenters. The van der Waals surface area contributed by atoms with Gasteiger partial charge in [0.1, 0.15) is 12.4 Å². The van der Waals surface area contributed by atoms with Crippen molar-refractivity contribution >= 4 is 0 Å². The van der Waals surface area contributed by atoms with Gasteiger partial charge >= 0.3 is 0 Å². The smallest absolute Gasteiger partial charge is 0.124 e. The van der Waals surface area contributed by atoms with Crippen LogP contribution >= 0.6 is 0 Å². The Hall–Kier alpha value is -1.06. The second kappa shape index (κ2) is 8.40. The van der Waals surface area contributed by atoms with Crippen molar-refractivity contribution in [3.63, 3.8) is 0 Å². The molecule has 1 fully saturated rings. The van der Waals surface area contributed by atoms with Crippen LogP contribution in [0, 0.1) is 11.8 Å². The molecule has 1 aromatic rings. The topological polar surface area (TPSA) is 30.5 Å². The zero-order valence-electron chi connectivity index (χ0n) is 13.6. The SMILES string of the molecule is CNC(c1ccccc1OCCOC)C1CCCC(C)C1. The lowest BCUT2D eigenvalue weighted by atomic mass is 9.76. The number of para-hydroxylation sites is 1. The second-order valence-electron chi connectivity index (χ2n) is 6.18. The molecule has 1 saturated carbocycles. The standard InChI is InChI=1S/C18H29NO2/c1-14-7-6-8-15(13-14)18(19-2)16-9-4-5-10-17(16)21-12-11-20-3/h4-5,9-10,14-15,18-19H,6-8,11-13H2,1-3H3. The van der Waals surface area contributed by atoms with Crippen LogP contribution < -0.4 is 10.1 Å². The van der Waals surface area contributed by atoms with Crippen LogP contribution in [-0.4, -0.2) is 27.4 Å². The van der Waals surface area contributed by atoms with E-state index in [9.17, 15) is 0 Å². The molecule has 21 heavy (non-hydrogen) atoms. The van der Waals surface area contributed by atoms with E-state index in [2.05, 4.69) is 37.5 Å². The lowest BCUT2D eigenvalue weighted by Gasteiger charge is -2.34. The van der Waals surface area contributed by atoms with Gasteiger partial charge in [0, 0.05) is 18.7 Å². The van der Waals surface area contributed by atoms with Gasteiger partial charge in [-0.25, -0.2) is 0 Å². The molecule has 118 valence electrons. The Morgan fingerprint density at radius 3 is 2.76 bits per heavy atom. The monoisotopic (exact) mass is 291 g/mol. The van der Waals surface area contributed by atoms with Gasteiger partial charge in [-0.05, 0) is 37.8 Å². The number of hydrogen-bond acceptors (Lipinski definition) is 3. The summed E-state index contributed by atoms with van der Waals surface area (Å²) in [6, 6.07) is 8.80. The van der Waals surface area contributed by atoms with Crippen LogP contribution in [-0.2, 0) is 4.74 Å². The van der Waals surface area contributed by atoms with E-state index in [0.717, 1.165) is 11.7 Å². The van der Waals surface area contributed by atoms with Gasteiger partial charge in [-0.2, -0.15) is 0 Å². The van der Waals surface area contributed by atoms with E-state index in [1.807, 2.05) is 6.07 Å². The summed E-state index contributed by atoms with van der Waals surface area (Å²) in [7, 11) is 3.77. The first-order chi connectivity index (χ1) is 10.3. The van der Waals surface area contributed by atoms with Crippen molar-refractivity contribution in [1.82, 2.24) is 5.32 Å². The van der Waals surface area contributed by atoms with E-state index in [0.29, 0.717) is 25.2 Å². The van der Waals surface area contributed by atoms with Crippen molar-refractivity contribution in [2.75, 3.05) is 27.4 Å². The van der Waals surface area contributed by atoms with Crippen molar-refractivity contribution in [3.8, 4) is 5.75 Å². The van der Waals surface area contributed by atoms with Crippen molar-refractivity contribution in [2.45, 2.75) is 38.6 Å². The Balaban J connectivity index is 2.13. The lowest BCUT2D eigenvalue weighted by molar-refractivity contribution is 0.144. The molecule has 2 rings (SSSR count). The van der Waals surface area contributed by atoms with Gasteiger partial charge in [-0.15, -0.1) is 0 Å². The van der Waals surface area contributed by atoms with Gasteiger partial charge in [0.25, 0.3) is 0 Å². The fourth-order valence-corrected chi connectivity index (χ4v) is 3.53. The molecular weight excluding hydrogens is 262 g/mol. The Morgan fingerprint density at radius 2 is 2.05 bits per heavy atom. The zero-order chi connectivity index (χ0) is 15.1. The molecule has 0 bridgehead atoms. The van der Waals surface area contributed by atoms with Crippen LogP contribution in [0.4, 0.5) is 0 Å². The molecule has 3 atom stereocenters. The highest BCUT2D eigenvalue weighted by molar-refractivity contribution is 5.36. The van der Waals surface area contributed by atoms with Crippen LogP contribution in [0.2, 0.25) is 0 Å². The highest BCUT2D eigenvalue weighted by Crippen LogP contribution is 2.39. The number of ether oxygens (including phenoxy) is 2. The van der Waals surface area contributed by atoms with Gasteiger partial charge in [-0.3, -0.25) is 0 Å². The molecule has 1 aliphatic carbocycles. The largest absolute Gasteiger partial charge is 0.491 e. The summed E-state index contributed by atoms with van der Waals surface area (Å²) in [5.74, 6) is 2.53. The number of rotatable bonds is 7. The lowest BCUT2D eigenvalue weighted by Crippen LogP contribution is -2.29. The van der Waals surface area contributed by atoms with Crippen molar-refractivity contribution < 1.29 is 9.47 Å². The maximum atomic E-state index is 5.91. The molecule has 0 aromatic heterocycles. The minimum atomic E-state index is 0.381. The molecule has 3 heteroatoms. The molecule has 0 amide bonds. The third-order valence-electron chi connectivity index (χ3n) is 4.56. The second-order valence-corrected chi connectivity index (χ2v) is 6.18. The highest BCUT2D eigenvalue weighted by atomic mass is 16.5. The van der Waals surface area contributed by atoms with Crippen LogP contribution in [0.1, 0.15) is 44.2 Å². The first-order valence-electron chi connectivity index (χ1n) is 8.14. The minimum absolute atomic E-state index is 0.381. The van der Waals surface area contributed by atoms with Crippen LogP contribution in [0.5, 0.6) is 5.75 Å². The molecule has 0 saturated heterocycles. The molecule has 0 radical (unpaired) electrons. The average molecular weight is 291 g/mol. The molecule has 1 aliphatic rings. The normalized spacial score (nSPS) is 23.8. The van der Waals surface area contributed by atoms with Gasteiger partial charge in [0.05, 0.1) is 6.61 Å². The van der Waals surface area contributed by atoms with E-state index in [1.54, 1.807) is 7.11 Å². The summed E-state index contributed by atoms with van der Waals surface area (Å²) in [4.78, 5) is 0. The van der Waals surface area contributed by atoms with Gasteiger partial charge in [-0.1, -0.05) is 38.0 Å². The first-order valence-corrected chi connectivity index (χ1v) is 8.14. The van der Waals surface area contributed by atoms with Gasteiger partial charge in [0.15, 0.2) is 0 Å². The van der Waals surface area contributed by atoms with E-state index in [4.69, 9.17) is 9.47 Å². The molecular formula is C18H29NO2. The Kier molecular flexibility index (Phi) is 6.52. The van der Waals surface area contributed by atoms with E-state index in [-0.39, 0.29) is 0 Å². The van der Waals surface area contributed by atoms with E-state index < -0.39 is 0 Å². The fraction of sp³-hybridized carbons (Fsp3) is 0.667. The molecule has 1 N–H and O–H groups in total. The van der Waals surface area contributed by atoms with Gasteiger partial charge in [0.2, 0.25) is 0 Å². The summed E-state index contributed by atoms with van der Waals surface area (Å²) < 4.78 is 11.0. The summed E-state index contributed by atoms with van der Waals surface area (Å²) in [6.45, 7) is 3.60. The number of hydrogen-bond donors (Lipinski definition) is 1. The number of methoxy groups -OCH3 is 1. The Labute approximate surface area is 129 Å². The minimum Gasteiger partial charge on any atom is -0.491 e. The Morgan fingerprint density at radius 1 is 1.24 bits per heavy atom. The summed E-state index contributed by atoms with van der Waals surface area (Å²) >= 11 is 0.